The Labute approximate surface area is 123 Å². The quantitative estimate of drug-likeness (QED) is 0.688. The summed E-state index contributed by atoms with van der Waals surface area (Å²) >= 11 is 1.34. The summed E-state index contributed by atoms with van der Waals surface area (Å²) in [6.07, 6.45) is -4.39. The number of alkyl halides is 3. The minimum Gasteiger partial charge on any atom is -0.331 e. The fourth-order valence-electron chi connectivity index (χ4n) is 2.04. The Hall–Kier alpha value is -2.08. The van der Waals surface area contributed by atoms with Crippen molar-refractivity contribution in [2.75, 3.05) is 5.32 Å². The Morgan fingerprint density at radius 1 is 1.10 bits per heavy atom. The number of nitrogens with zero attached hydrogens (tertiary/aromatic N) is 1. The normalized spacial score (nSPS) is 11.8. The van der Waals surface area contributed by atoms with Crippen LogP contribution in [0.4, 0.5) is 24.0 Å². The molecule has 0 bridgehead atoms. The van der Waals surface area contributed by atoms with Gasteiger partial charge in [0, 0.05) is 0 Å². The van der Waals surface area contributed by atoms with Crippen LogP contribution in [0.1, 0.15) is 11.1 Å². The van der Waals surface area contributed by atoms with Crippen LogP contribution in [0, 0.1) is 6.92 Å². The van der Waals surface area contributed by atoms with Crippen LogP contribution in [0.25, 0.3) is 10.2 Å². The first-order valence-corrected chi connectivity index (χ1v) is 7.05. The average Bonchev–Trinajstić information content (AvgIpc) is 2.79. The molecule has 0 amide bonds. The van der Waals surface area contributed by atoms with E-state index in [1.54, 1.807) is 6.07 Å². The summed E-state index contributed by atoms with van der Waals surface area (Å²) in [5.41, 5.74) is 1.19. The predicted molar refractivity (Wildman–Crippen MR) is 79.1 cm³/mol. The first-order chi connectivity index (χ1) is 9.93. The lowest BCUT2D eigenvalue weighted by atomic mass is 10.2. The molecule has 0 atom stereocenters. The number of thiazole rings is 1. The highest BCUT2D eigenvalue weighted by Crippen LogP contribution is 2.37. The molecule has 0 radical (unpaired) electrons. The van der Waals surface area contributed by atoms with Gasteiger partial charge in [-0.25, -0.2) is 4.98 Å². The molecule has 1 heterocycles. The van der Waals surface area contributed by atoms with Gasteiger partial charge in [-0.2, -0.15) is 13.2 Å². The van der Waals surface area contributed by atoms with Gasteiger partial charge in [0.2, 0.25) is 0 Å². The van der Waals surface area contributed by atoms with Gasteiger partial charge in [0.1, 0.15) is 0 Å². The number of hydrogen-bond donors (Lipinski definition) is 1. The molecule has 2 nitrogen and oxygen atoms in total. The zero-order valence-corrected chi connectivity index (χ0v) is 11.8. The Bertz CT molecular complexity index is 793. The molecular formula is C15H11F3N2S. The van der Waals surface area contributed by atoms with Crippen LogP contribution in [0.15, 0.2) is 42.5 Å². The van der Waals surface area contributed by atoms with Crippen LogP contribution in [0.5, 0.6) is 0 Å². The molecule has 1 N–H and O–H groups in total. The van der Waals surface area contributed by atoms with Crippen molar-refractivity contribution < 1.29 is 13.2 Å². The third kappa shape index (κ3) is 2.85. The second-order valence-corrected chi connectivity index (χ2v) is 5.69. The van der Waals surface area contributed by atoms with Crippen molar-refractivity contribution >= 4 is 32.4 Å². The molecule has 0 aliphatic carbocycles. The number of aryl methyl sites for hydroxylation is 1. The molecule has 3 rings (SSSR count). The summed E-state index contributed by atoms with van der Waals surface area (Å²) in [5, 5.41) is 3.23. The summed E-state index contributed by atoms with van der Waals surface area (Å²) in [6.45, 7) is 1.96. The molecule has 0 saturated carbocycles. The number of para-hydroxylation sites is 1. The number of halogens is 3. The summed E-state index contributed by atoms with van der Waals surface area (Å²) in [4.78, 5) is 4.31. The second kappa shape index (κ2) is 5.04. The number of rotatable bonds is 2. The fourth-order valence-corrected chi connectivity index (χ4v) is 3.02. The molecule has 2 aromatic carbocycles. The van der Waals surface area contributed by atoms with E-state index >= 15 is 0 Å². The van der Waals surface area contributed by atoms with E-state index in [-0.39, 0.29) is 5.69 Å². The van der Waals surface area contributed by atoms with Crippen LogP contribution in [0.2, 0.25) is 0 Å². The van der Waals surface area contributed by atoms with Crippen molar-refractivity contribution in [2.24, 2.45) is 0 Å². The molecule has 1 aromatic heterocycles. The molecule has 0 unspecified atom stereocenters. The third-order valence-electron chi connectivity index (χ3n) is 3.02. The third-order valence-corrected chi connectivity index (χ3v) is 3.95. The first kappa shape index (κ1) is 13.9. The number of benzene rings is 2. The summed E-state index contributed by atoms with van der Waals surface area (Å²) < 4.78 is 39.8. The van der Waals surface area contributed by atoms with Gasteiger partial charge in [-0.05, 0) is 36.8 Å². The number of aromatic nitrogens is 1. The van der Waals surface area contributed by atoms with Gasteiger partial charge < -0.3 is 5.32 Å². The average molecular weight is 308 g/mol. The van der Waals surface area contributed by atoms with Crippen molar-refractivity contribution in [1.82, 2.24) is 4.98 Å². The van der Waals surface area contributed by atoms with Gasteiger partial charge >= 0.3 is 6.18 Å². The summed E-state index contributed by atoms with van der Waals surface area (Å²) in [7, 11) is 0. The highest BCUT2D eigenvalue weighted by molar-refractivity contribution is 7.22. The van der Waals surface area contributed by atoms with E-state index in [0.29, 0.717) is 5.13 Å². The van der Waals surface area contributed by atoms with Crippen LogP contribution >= 0.6 is 11.3 Å². The van der Waals surface area contributed by atoms with Crippen molar-refractivity contribution in [3.63, 3.8) is 0 Å². The first-order valence-electron chi connectivity index (χ1n) is 6.24. The summed E-state index contributed by atoms with van der Waals surface area (Å²) in [5.74, 6) is 0. The topological polar surface area (TPSA) is 24.9 Å². The second-order valence-electron chi connectivity index (χ2n) is 4.66. The fraction of sp³-hybridized carbons (Fsp3) is 0.133. The van der Waals surface area contributed by atoms with Gasteiger partial charge in [-0.3, -0.25) is 0 Å². The van der Waals surface area contributed by atoms with E-state index in [4.69, 9.17) is 0 Å². The lowest BCUT2D eigenvalue weighted by molar-refractivity contribution is -0.136. The minimum atomic E-state index is -4.39. The predicted octanol–water partition coefficient (Wildman–Crippen LogP) is 5.37. The van der Waals surface area contributed by atoms with Gasteiger partial charge in [-0.15, -0.1) is 0 Å². The minimum absolute atomic E-state index is 0.0146. The van der Waals surface area contributed by atoms with E-state index in [1.807, 2.05) is 25.1 Å². The SMILES string of the molecule is Cc1ccc2nc(Nc3ccccc3C(F)(F)F)sc2c1. The Morgan fingerprint density at radius 2 is 1.86 bits per heavy atom. The number of nitrogens with one attached hydrogen (secondary N) is 1. The van der Waals surface area contributed by atoms with E-state index in [9.17, 15) is 13.2 Å². The smallest absolute Gasteiger partial charge is 0.331 e. The van der Waals surface area contributed by atoms with Crippen LogP contribution in [0.3, 0.4) is 0 Å². The number of fused-ring (bicyclic) bond motifs is 1. The summed E-state index contributed by atoms with van der Waals surface area (Å²) in [6, 6.07) is 11.1. The molecule has 0 spiro atoms. The van der Waals surface area contributed by atoms with E-state index in [2.05, 4.69) is 10.3 Å². The Balaban J connectivity index is 1.99. The maximum atomic E-state index is 13.0. The molecule has 0 aliphatic rings. The Kier molecular flexibility index (Phi) is 3.33. The lowest BCUT2D eigenvalue weighted by Crippen LogP contribution is -2.08. The van der Waals surface area contributed by atoms with Crippen LogP contribution < -0.4 is 5.32 Å². The molecule has 6 heteroatoms. The molecular weight excluding hydrogens is 297 g/mol. The van der Waals surface area contributed by atoms with Crippen molar-refractivity contribution in [1.29, 1.82) is 0 Å². The lowest BCUT2D eigenvalue weighted by Gasteiger charge is -2.12. The molecule has 108 valence electrons. The molecule has 0 aliphatic heterocycles. The molecule has 21 heavy (non-hydrogen) atoms. The van der Waals surface area contributed by atoms with E-state index in [1.165, 1.54) is 23.5 Å². The zero-order valence-electron chi connectivity index (χ0n) is 11.0. The van der Waals surface area contributed by atoms with Crippen molar-refractivity contribution in [3.05, 3.63) is 53.6 Å². The standard InChI is InChI=1S/C15H11F3N2S/c1-9-6-7-12-13(8-9)21-14(20-12)19-11-5-3-2-4-10(11)15(16,17)18/h2-8H,1H3,(H,19,20). The molecule has 0 saturated heterocycles. The monoisotopic (exact) mass is 308 g/mol. The maximum Gasteiger partial charge on any atom is 0.418 e. The highest BCUT2D eigenvalue weighted by atomic mass is 32.1. The maximum absolute atomic E-state index is 13.0. The molecule has 3 aromatic rings. The van der Waals surface area contributed by atoms with Crippen molar-refractivity contribution in [2.45, 2.75) is 13.1 Å². The van der Waals surface area contributed by atoms with Gasteiger partial charge in [0.15, 0.2) is 5.13 Å². The van der Waals surface area contributed by atoms with E-state index in [0.717, 1.165) is 21.8 Å². The van der Waals surface area contributed by atoms with E-state index < -0.39 is 11.7 Å². The number of hydrogen-bond acceptors (Lipinski definition) is 3. The van der Waals surface area contributed by atoms with Gasteiger partial charge in [0.25, 0.3) is 0 Å². The van der Waals surface area contributed by atoms with Gasteiger partial charge in [-0.1, -0.05) is 29.5 Å². The Morgan fingerprint density at radius 3 is 2.62 bits per heavy atom. The van der Waals surface area contributed by atoms with Crippen molar-refractivity contribution in [3.8, 4) is 0 Å². The largest absolute Gasteiger partial charge is 0.418 e. The zero-order chi connectivity index (χ0) is 15.0. The van der Waals surface area contributed by atoms with Crippen LogP contribution in [-0.4, -0.2) is 4.98 Å². The van der Waals surface area contributed by atoms with Gasteiger partial charge in [0.05, 0.1) is 21.5 Å². The van der Waals surface area contributed by atoms with Crippen LogP contribution in [-0.2, 0) is 6.18 Å². The molecule has 0 fully saturated rings. The number of anilines is 2. The highest BCUT2D eigenvalue weighted by Gasteiger charge is 2.33.